The molecule has 1 aliphatic heterocycles. The number of rotatable bonds is 6. The Labute approximate surface area is 170 Å². The molecule has 0 bridgehead atoms. The Morgan fingerprint density at radius 2 is 1.93 bits per heavy atom. The number of hydrogen-bond acceptors (Lipinski definition) is 5. The molecule has 1 fully saturated rings. The largest absolute Gasteiger partial charge is 0.426 e. The third kappa shape index (κ3) is 5.03. The van der Waals surface area contributed by atoms with Crippen LogP contribution in [0.5, 0.6) is 11.7 Å². The van der Waals surface area contributed by atoms with Crippen LogP contribution in [0.1, 0.15) is 35.5 Å². The molecule has 1 aromatic carbocycles. The van der Waals surface area contributed by atoms with Gasteiger partial charge in [0, 0.05) is 18.3 Å². The van der Waals surface area contributed by atoms with Crippen molar-refractivity contribution in [1.29, 1.82) is 0 Å². The highest BCUT2D eigenvalue weighted by Gasteiger charge is 2.28. The molecule has 0 spiro atoms. The Balaban J connectivity index is 1.54. The topological polar surface area (TPSA) is 67.6 Å². The van der Waals surface area contributed by atoms with Crippen molar-refractivity contribution in [2.24, 2.45) is 0 Å². The van der Waals surface area contributed by atoms with E-state index in [0.29, 0.717) is 18.2 Å². The second kappa shape index (κ2) is 9.39. The minimum atomic E-state index is -0.134. The van der Waals surface area contributed by atoms with Crippen LogP contribution < -0.4 is 10.1 Å². The standard InChI is InChI=1S/C23H25N3O3/c27-23(21-11-12-22(29-21)28-20-9-2-1-3-10-20)26(17-18-7-4-5-15-25-18)19-8-6-14-24-16-13-19/h1-5,7,9-12,15,19,24H,6,8,13-14,16-17H2. The maximum Gasteiger partial charge on any atom is 0.290 e. The number of nitrogens with one attached hydrogen (secondary N) is 1. The molecule has 1 N–H and O–H groups in total. The second-order valence-electron chi connectivity index (χ2n) is 7.12. The Bertz CT molecular complexity index is 903. The number of amides is 1. The van der Waals surface area contributed by atoms with Gasteiger partial charge in [-0.3, -0.25) is 9.78 Å². The molecule has 3 aromatic rings. The predicted octanol–water partition coefficient (Wildman–Crippen LogP) is 4.25. The molecule has 0 aliphatic carbocycles. The van der Waals surface area contributed by atoms with Gasteiger partial charge in [0.05, 0.1) is 12.2 Å². The van der Waals surface area contributed by atoms with Crippen LogP contribution in [0.25, 0.3) is 0 Å². The molecule has 1 aliphatic rings. The first kappa shape index (κ1) is 19.2. The fourth-order valence-electron chi connectivity index (χ4n) is 3.58. The SMILES string of the molecule is O=C(c1ccc(Oc2ccccc2)o1)N(Cc1ccccn1)C1CCCNCC1. The molecule has 1 amide bonds. The summed E-state index contributed by atoms with van der Waals surface area (Å²) < 4.78 is 11.5. The van der Waals surface area contributed by atoms with Crippen molar-refractivity contribution in [3.8, 4) is 11.7 Å². The normalized spacial score (nSPS) is 16.8. The van der Waals surface area contributed by atoms with E-state index in [1.807, 2.05) is 53.4 Å². The lowest BCUT2D eigenvalue weighted by molar-refractivity contribution is 0.0604. The summed E-state index contributed by atoms with van der Waals surface area (Å²) in [6.45, 7) is 2.34. The van der Waals surface area contributed by atoms with Crippen molar-refractivity contribution in [1.82, 2.24) is 15.2 Å². The van der Waals surface area contributed by atoms with E-state index in [2.05, 4.69) is 10.3 Å². The number of nitrogens with zero attached hydrogens (tertiary/aromatic N) is 2. The molecule has 2 aromatic heterocycles. The number of hydrogen-bond donors (Lipinski definition) is 1. The van der Waals surface area contributed by atoms with E-state index in [0.717, 1.165) is 38.0 Å². The molecule has 1 atom stereocenters. The monoisotopic (exact) mass is 391 g/mol. The smallest absolute Gasteiger partial charge is 0.290 e. The molecule has 0 radical (unpaired) electrons. The summed E-state index contributed by atoms with van der Waals surface area (Å²) in [7, 11) is 0. The summed E-state index contributed by atoms with van der Waals surface area (Å²) in [5.74, 6) is 1.12. The third-order valence-electron chi connectivity index (χ3n) is 5.06. The van der Waals surface area contributed by atoms with Crippen LogP contribution in [0.3, 0.4) is 0 Å². The van der Waals surface area contributed by atoms with Crippen LogP contribution in [0.15, 0.2) is 71.3 Å². The minimum absolute atomic E-state index is 0.134. The van der Waals surface area contributed by atoms with Crippen LogP contribution in [0.4, 0.5) is 0 Å². The van der Waals surface area contributed by atoms with Gasteiger partial charge in [0.1, 0.15) is 5.75 Å². The van der Waals surface area contributed by atoms with Crippen molar-refractivity contribution < 1.29 is 13.9 Å². The zero-order chi connectivity index (χ0) is 19.9. The van der Waals surface area contributed by atoms with Crippen molar-refractivity contribution in [3.05, 3.63) is 78.3 Å². The summed E-state index contributed by atoms with van der Waals surface area (Å²) in [4.78, 5) is 19.7. The first-order chi connectivity index (χ1) is 14.3. The molecule has 4 rings (SSSR count). The van der Waals surface area contributed by atoms with E-state index >= 15 is 0 Å². The zero-order valence-electron chi connectivity index (χ0n) is 16.3. The summed E-state index contributed by atoms with van der Waals surface area (Å²) in [6, 6.07) is 18.7. The average Bonchev–Trinajstić information content (AvgIpc) is 3.05. The lowest BCUT2D eigenvalue weighted by Crippen LogP contribution is -2.40. The number of ether oxygens (including phenoxy) is 1. The highest BCUT2D eigenvalue weighted by atomic mass is 16.6. The second-order valence-corrected chi connectivity index (χ2v) is 7.12. The average molecular weight is 391 g/mol. The van der Waals surface area contributed by atoms with E-state index < -0.39 is 0 Å². The van der Waals surface area contributed by atoms with Crippen molar-refractivity contribution >= 4 is 5.91 Å². The number of carbonyl (C=O) groups is 1. The fraction of sp³-hybridized carbons (Fsp3) is 0.304. The number of aromatic nitrogens is 1. The van der Waals surface area contributed by atoms with Gasteiger partial charge in [-0.25, -0.2) is 0 Å². The molecule has 6 heteroatoms. The Morgan fingerprint density at radius 1 is 1.07 bits per heavy atom. The number of benzene rings is 1. The van der Waals surface area contributed by atoms with Crippen LogP contribution in [0.2, 0.25) is 0 Å². The predicted molar refractivity (Wildman–Crippen MR) is 110 cm³/mol. The van der Waals surface area contributed by atoms with Gasteiger partial charge in [0.15, 0.2) is 5.76 Å². The van der Waals surface area contributed by atoms with Crippen LogP contribution in [-0.2, 0) is 6.54 Å². The Hall–Kier alpha value is -3.12. The number of furan rings is 1. The quantitative estimate of drug-likeness (QED) is 0.680. The molecule has 29 heavy (non-hydrogen) atoms. The van der Waals surface area contributed by atoms with Gasteiger partial charge >= 0.3 is 0 Å². The molecular weight excluding hydrogens is 366 g/mol. The van der Waals surface area contributed by atoms with Crippen LogP contribution in [0, 0.1) is 0 Å². The van der Waals surface area contributed by atoms with Crippen molar-refractivity contribution in [3.63, 3.8) is 0 Å². The first-order valence-corrected chi connectivity index (χ1v) is 10.0. The van der Waals surface area contributed by atoms with Crippen LogP contribution in [-0.4, -0.2) is 34.9 Å². The summed E-state index contributed by atoms with van der Waals surface area (Å²) in [5, 5.41) is 3.41. The molecule has 150 valence electrons. The number of pyridine rings is 1. The molecule has 6 nitrogen and oxygen atoms in total. The van der Waals surface area contributed by atoms with Crippen LogP contribution >= 0.6 is 0 Å². The first-order valence-electron chi connectivity index (χ1n) is 10.0. The lowest BCUT2D eigenvalue weighted by atomic mass is 10.1. The maximum absolute atomic E-state index is 13.4. The highest BCUT2D eigenvalue weighted by Crippen LogP contribution is 2.26. The lowest BCUT2D eigenvalue weighted by Gasteiger charge is -2.30. The summed E-state index contributed by atoms with van der Waals surface area (Å²) >= 11 is 0. The van der Waals surface area contributed by atoms with Gasteiger partial charge < -0.3 is 19.4 Å². The summed E-state index contributed by atoms with van der Waals surface area (Å²) in [6.07, 6.45) is 4.66. The van der Waals surface area contributed by atoms with Gasteiger partial charge in [0.2, 0.25) is 0 Å². The van der Waals surface area contributed by atoms with E-state index in [4.69, 9.17) is 9.15 Å². The van der Waals surface area contributed by atoms with E-state index in [-0.39, 0.29) is 17.7 Å². The molecule has 1 unspecified atom stereocenters. The van der Waals surface area contributed by atoms with Crippen molar-refractivity contribution in [2.45, 2.75) is 31.8 Å². The molecular formula is C23H25N3O3. The Morgan fingerprint density at radius 3 is 2.76 bits per heavy atom. The fourth-order valence-corrected chi connectivity index (χ4v) is 3.58. The number of para-hydroxylation sites is 1. The van der Waals surface area contributed by atoms with E-state index in [1.54, 1.807) is 18.3 Å². The minimum Gasteiger partial charge on any atom is -0.426 e. The van der Waals surface area contributed by atoms with Gasteiger partial charge in [-0.1, -0.05) is 24.3 Å². The van der Waals surface area contributed by atoms with Gasteiger partial charge in [-0.05, 0) is 62.7 Å². The van der Waals surface area contributed by atoms with Gasteiger partial charge in [-0.2, -0.15) is 0 Å². The Kier molecular flexibility index (Phi) is 6.22. The molecule has 1 saturated heterocycles. The van der Waals surface area contributed by atoms with E-state index in [9.17, 15) is 4.79 Å². The van der Waals surface area contributed by atoms with Crippen molar-refractivity contribution in [2.75, 3.05) is 13.1 Å². The molecule has 0 saturated carbocycles. The van der Waals surface area contributed by atoms with E-state index in [1.165, 1.54) is 0 Å². The zero-order valence-corrected chi connectivity index (χ0v) is 16.3. The maximum atomic E-state index is 13.4. The molecule has 3 heterocycles. The van der Waals surface area contributed by atoms with Gasteiger partial charge in [0.25, 0.3) is 11.9 Å². The highest BCUT2D eigenvalue weighted by molar-refractivity contribution is 5.91. The third-order valence-corrected chi connectivity index (χ3v) is 5.06. The summed E-state index contributed by atoms with van der Waals surface area (Å²) in [5.41, 5.74) is 0.866. The number of carbonyl (C=O) groups excluding carboxylic acids is 1. The van der Waals surface area contributed by atoms with Gasteiger partial charge in [-0.15, -0.1) is 0 Å².